The summed E-state index contributed by atoms with van der Waals surface area (Å²) in [7, 11) is 1.94. The van der Waals surface area contributed by atoms with Gasteiger partial charge >= 0.3 is 0 Å². The largest absolute Gasteiger partial charge is 0.344 e. The zero-order valence-electron chi connectivity index (χ0n) is 12.0. The molecule has 0 radical (unpaired) electrons. The van der Waals surface area contributed by atoms with Gasteiger partial charge in [0.05, 0.1) is 0 Å². The number of unbranched alkanes of at least 4 members (excludes halogenated alkanes) is 2. The molecule has 4 heteroatoms. The van der Waals surface area contributed by atoms with Gasteiger partial charge in [-0.25, -0.2) is 0 Å². The summed E-state index contributed by atoms with van der Waals surface area (Å²) < 4.78 is 0. The van der Waals surface area contributed by atoms with Crippen LogP contribution in [0.1, 0.15) is 45.4 Å². The molecule has 18 heavy (non-hydrogen) atoms. The maximum Gasteiger partial charge on any atom is 0.222 e. The third-order valence-corrected chi connectivity index (χ3v) is 3.91. The minimum Gasteiger partial charge on any atom is -0.344 e. The van der Waals surface area contributed by atoms with Crippen molar-refractivity contribution in [3.8, 4) is 0 Å². The molecule has 1 aliphatic heterocycles. The van der Waals surface area contributed by atoms with Crippen LogP contribution in [0.25, 0.3) is 0 Å². The lowest BCUT2D eigenvalue weighted by Crippen LogP contribution is -2.41. The van der Waals surface area contributed by atoms with E-state index in [1.54, 1.807) is 0 Å². The number of likely N-dealkylation sites (N-methyl/N-ethyl adjacent to an activating group) is 2. The summed E-state index contributed by atoms with van der Waals surface area (Å²) in [6, 6.07) is 0.577. The Balaban J connectivity index is 2.22. The molecule has 0 aromatic heterocycles. The molecular weight excluding hydrogens is 226 g/mol. The Morgan fingerprint density at radius 3 is 2.83 bits per heavy atom. The molecule has 1 rings (SSSR count). The topological polar surface area (TPSA) is 49.6 Å². The second-order valence-corrected chi connectivity index (χ2v) is 5.30. The average Bonchev–Trinajstić information content (AvgIpc) is 2.81. The van der Waals surface area contributed by atoms with Crippen LogP contribution in [-0.2, 0) is 4.79 Å². The highest BCUT2D eigenvalue weighted by Gasteiger charge is 2.25. The van der Waals surface area contributed by atoms with Crippen LogP contribution in [-0.4, -0.2) is 55.0 Å². The van der Waals surface area contributed by atoms with E-state index in [0.29, 0.717) is 12.5 Å². The van der Waals surface area contributed by atoms with Crippen LogP contribution in [0.3, 0.4) is 0 Å². The Labute approximate surface area is 111 Å². The first-order valence-corrected chi connectivity index (χ1v) is 7.37. The monoisotopic (exact) mass is 255 g/mol. The van der Waals surface area contributed by atoms with Crippen LogP contribution in [0.5, 0.6) is 0 Å². The summed E-state index contributed by atoms with van der Waals surface area (Å²) in [4.78, 5) is 16.4. The second kappa shape index (κ2) is 8.48. The third kappa shape index (κ3) is 4.94. The molecule has 0 bridgehead atoms. The van der Waals surface area contributed by atoms with E-state index >= 15 is 0 Å². The van der Waals surface area contributed by atoms with Gasteiger partial charge in [0, 0.05) is 26.1 Å². The van der Waals surface area contributed by atoms with Crippen molar-refractivity contribution in [1.29, 1.82) is 0 Å². The molecule has 1 heterocycles. The zero-order chi connectivity index (χ0) is 13.4. The van der Waals surface area contributed by atoms with Gasteiger partial charge in [-0.1, -0.05) is 13.3 Å². The van der Waals surface area contributed by atoms with E-state index in [9.17, 15) is 4.79 Å². The summed E-state index contributed by atoms with van der Waals surface area (Å²) in [5.74, 6) is 0.287. The van der Waals surface area contributed by atoms with Gasteiger partial charge in [0.15, 0.2) is 0 Å². The number of carbonyl (C=O) groups is 1. The molecule has 1 atom stereocenters. The molecule has 2 N–H and O–H groups in total. The highest BCUT2D eigenvalue weighted by Crippen LogP contribution is 2.17. The number of amides is 1. The van der Waals surface area contributed by atoms with Crippen LogP contribution in [0.15, 0.2) is 0 Å². The van der Waals surface area contributed by atoms with Gasteiger partial charge in [0.25, 0.3) is 0 Å². The molecule has 1 fully saturated rings. The number of carbonyl (C=O) groups excluding carboxylic acids is 1. The molecule has 0 aromatic carbocycles. The first-order valence-electron chi connectivity index (χ1n) is 7.37. The van der Waals surface area contributed by atoms with E-state index in [1.165, 1.54) is 19.4 Å². The molecule has 1 saturated heterocycles. The fourth-order valence-electron chi connectivity index (χ4n) is 2.72. The van der Waals surface area contributed by atoms with Gasteiger partial charge in [-0.3, -0.25) is 9.69 Å². The van der Waals surface area contributed by atoms with Crippen LogP contribution in [0, 0.1) is 0 Å². The Bertz CT molecular complexity index is 245. The first kappa shape index (κ1) is 15.4. The quantitative estimate of drug-likeness (QED) is 0.668. The molecule has 0 spiro atoms. The lowest BCUT2D eigenvalue weighted by molar-refractivity contribution is -0.130. The molecule has 0 aromatic rings. The lowest BCUT2D eigenvalue weighted by Gasteiger charge is -2.27. The van der Waals surface area contributed by atoms with E-state index in [0.717, 1.165) is 38.9 Å². The Kier molecular flexibility index (Phi) is 7.28. The van der Waals surface area contributed by atoms with Crippen molar-refractivity contribution in [2.24, 2.45) is 5.73 Å². The van der Waals surface area contributed by atoms with Crippen LogP contribution >= 0.6 is 0 Å². The highest BCUT2D eigenvalue weighted by atomic mass is 16.2. The summed E-state index contributed by atoms with van der Waals surface area (Å²) in [5.41, 5.74) is 5.44. The molecule has 1 amide bonds. The van der Waals surface area contributed by atoms with Crippen molar-refractivity contribution >= 4 is 5.91 Å². The first-order chi connectivity index (χ1) is 8.69. The predicted octanol–water partition coefficient (Wildman–Crippen LogP) is 1.45. The molecule has 4 nitrogen and oxygen atoms in total. The number of hydrogen-bond donors (Lipinski definition) is 1. The van der Waals surface area contributed by atoms with Crippen LogP contribution in [0.4, 0.5) is 0 Å². The Hall–Kier alpha value is -0.610. The summed E-state index contributed by atoms with van der Waals surface area (Å²) >= 11 is 0. The number of nitrogens with two attached hydrogens (primary N) is 1. The SMILES string of the molecule is CCN1CCCC1CN(C)C(=O)CCCCCN. The average molecular weight is 255 g/mol. The molecular formula is C14H29N3O. The van der Waals surface area contributed by atoms with E-state index in [4.69, 9.17) is 5.73 Å². The van der Waals surface area contributed by atoms with Gasteiger partial charge < -0.3 is 10.6 Å². The van der Waals surface area contributed by atoms with E-state index in [1.807, 2.05) is 11.9 Å². The van der Waals surface area contributed by atoms with Crippen LogP contribution in [0.2, 0.25) is 0 Å². The minimum absolute atomic E-state index is 0.287. The van der Waals surface area contributed by atoms with Crippen molar-refractivity contribution in [2.45, 2.75) is 51.5 Å². The third-order valence-electron chi connectivity index (χ3n) is 3.91. The molecule has 1 unspecified atom stereocenters. The van der Waals surface area contributed by atoms with Gasteiger partial charge in [-0.05, 0) is 45.3 Å². The van der Waals surface area contributed by atoms with Gasteiger partial charge in [0.1, 0.15) is 0 Å². The van der Waals surface area contributed by atoms with E-state index < -0.39 is 0 Å². The normalized spacial score (nSPS) is 20.3. The fourth-order valence-corrected chi connectivity index (χ4v) is 2.72. The summed E-state index contributed by atoms with van der Waals surface area (Å²) in [5, 5.41) is 0. The van der Waals surface area contributed by atoms with Gasteiger partial charge in [0.2, 0.25) is 5.91 Å². The highest BCUT2D eigenvalue weighted by molar-refractivity contribution is 5.75. The Morgan fingerprint density at radius 2 is 2.17 bits per heavy atom. The van der Waals surface area contributed by atoms with Gasteiger partial charge in [-0.2, -0.15) is 0 Å². The van der Waals surface area contributed by atoms with Crippen molar-refractivity contribution in [1.82, 2.24) is 9.80 Å². The number of nitrogens with zero attached hydrogens (tertiary/aromatic N) is 2. The molecule has 106 valence electrons. The molecule has 0 aliphatic carbocycles. The number of likely N-dealkylation sites (tertiary alicyclic amines) is 1. The minimum atomic E-state index is 0.287. The fraction of sp³-hybridized carbons (Fsp3) is 0.929. The smallest absolute Gasteiger partial charge is 0.222 e. The maximum atomic E-state index is 12.0. The van der Waals surface area contributed by atoms with Crippen molar-refractivity contribution in [3.63, 3.8) is 0 Å². The van der Waals surface area contributed by atoms with Crippen molar-refractivity contribution < 1.29 is 4.79 Å². The van der Waals surface area contributed by atoms with Crippen molar-refractivity contribution in [3.05, 3.63) is 0 Å². The number of hydrogen-bond acceptors (Lipinski definition) is 3. The number of rotatable bonds is 8. The zero-order valence-corrected chi connectivity index (χ0v) is 12.0. The summed E-state index contributed by atoms with van der Waals surface area (Å²) in [6.07, 6.45) is 6.26. The van der Waals surface area contributed by atoms with E-state index in [2.05, 4.69) is 11.8 Å². The lowest BCUT2D eigenvalue weighted by atomic mass is 10.1. The van der Waals surface area contributed by atoms with E-state index in [-0.39, 0.29) is 5.91 Å². The standard InChI is InChI=1S/C14H29N3O/c1-3-17-11-7-8-13(17)12-16(2)14(18)9-5-4-6-10-15/h13H,3-12,15H2,1-2H3. The predicted molar refractivity (Wildman–Crippen MR) is 75.4 cm³/mol. The second-order valence-electron chi connectivity index (χ2n) is 5.30. The van der Waals surface area contributed by atoms with Gasteiger partial charge in [-0.15, -0.1) is 0 Å². The Morgan fingerprint density at radius 1 is 1.39 bits per heavy atom. The molecule has 1 aliphatic rings. The van der Waals surface area contributed by atoms with Crippen molar-refractivity contribution in [2.75, 3.05) is 33.2 Å². The molecule has 0 saturated carbocycles. The maximum absolute atomic E-state index is 12.0. The summed E-state index contributed by atoms with van der Waals surface area (Å²) in [6.45, 7) is 6.12. The van der Waals surface area contributed by atoms with Crippen LogP contribution < -0.4 is 5.73 Å².